The van der Waals surface area contributed by atoms with Gasteiger partial charge < -0.3 is 14.6 Å². The number of rotatable bonds is 4. The summed E-state index contributed by atoms with van der Waals surface area (Å²) in [6.45, 7) is 2.38. The average Bonchev–Trinajstić information content (AvgIpc) is 2.38. The van der Waals surface area contributed by atoms with Crippen molar-refractivity contribution in [3.8, 4) is 5.75 Å². The first kappa shape index (κ1) is 11.4. The highest BCUT2D eigenvalue weighted by molar-refractivity contribution is 5.19. The van der Waals surface area contributed by atoms with Crippen LogP contribution in [0, 0.1) is 5.92 Å². The van der Waals surface area contributed by atoms with Gasteiger partial charge in [0.1, 0.15) is 5.75 Å². The Morgan fingerprint density at radius 1 is 1.38 bits per heavy atom. The molecule has 1 aliphatic rings. The molecule has 0 spiro atoms. The molecule has 1 aliphatic heterocycles. The molecule has 0 aromatic carbocycles. The fraction of sp³-hybridized carbons (Fsp3) is 0.583. The van der Waals surface area contributed by atoms with Crippen LogP contribution in [-0.4, -0.2) is 29.9 Å². The van der Waals surface area contributed by atoms with Crippen LogP contribution in [-0.2, 0) is 11.3 Å². The van der Waals surface area contributed by atoms with E-state index in [2.05, 4.69) is 4.98 Å². The molecular weight excluding hydrogens is 206 g/mol. The minimum absolute atomic E-state index is 0.0275. The molecule has 1 fully saturated rings. The summed E-state index contributed by atoms with van der Waals surface area (Å²) in [5, 5.41) is 8.85. The van der Waals surface area contributed by atoms with Crippen LogP contribution in [0.5, 0.6) is 5.75 Å². The molecule has 0 unspecified atom stereocenters. The Bertz CT molecular complexity index is 307. The van der Waals surface area contributed by atoms with E-state index >= 15 is 0 Å². The number of ether oxygens (including phenoxy) is 2. The largest absolute Gasteiger partial charge is 0.492 e. The zero-order valence-electron chi connectivity index (χ0n) is 9.26. The van der Waals surface area contributed by atoms with Gasteiger partial charge in [0.2, 0.25) is 0 Å². The molecule has 16 heavy (non-hydrogen) atoms. The average molecular weight is 223 g/mol. The lowest BCUT2D eigenvalue weighted by Gasteiger charge is -2.21. The van der Waals surface area contributed by atoms with E-state index in [9.17, 15) is 0 Å². The zero-order chi connectivity index (χ0) is 11.2. The zero-order valence-corrected chi connectivity index (χ0v) is 9.26. The lowest BCUT2D eigenvalue weighted by atomic mass is 10.0. The van der Waals surface area contributed by atoms with Gasteiger partial charge in [-0.05, 0) is 30.9 Å². The summed E-state index contributed by atoms with van der Waals surface area (Å²) in [6.07, 6.45) is 3.80. The van der Waals surface area contributed by atoms with E-state index in [1.165, 1.54) is 0 Å². The number of nitrogens with zero attached hydrogens (tertiary/aromatic N) is 1. The first-order valence-electron chi connectivity index (χ1n) is 5.65. The summed E-state index contributed by atoms with van der Waals surface area (Å²) in [5.74, 6) is 1.36. The SMILES string of the molecule is OCc1ccc(OCC2CCOCC2)cn1. The van der Waals surface area contributed by atoms with E-state index in [1.807, 2.05) is 6.07 Å². The van der Waals surface area contributed by atoms with Crippen molar-refractivity contribution in [2.45, 2.75) is 19.4 Å². The third-order valence-corrected chi connectivity index (χ3v) is 2.79. The molecular formula is C12H17NO3. The van der Waals surface area contributed by atoms with E-state index < -0.39 is 0 Å². The van der Waals surface area contributed by atoms with Crippen LogP contribution >= 0.6 is 0 Å². The van der Waals surface area contributed by atoms with Crippen molar-refractivity contribution in [1.29, 1.82) is 0 Å². The van der Waals surface area contributed by atoms with Gasteiger partial charge in [-0.2, -0.15) is 0 Å². The molecule has 1 N–H and O–H groups in total. The Balaban J connectivity index is 1.79. The lowest BCUT2D eigenvalue weighted by molar-refractivity contribution is 0.0497. The number of hydrogen-bond donors (Lipinski definition) is 1. The van der Waals surface area contributed by atoms with Crippen LogP contribution in [0.25, 0.3) is 0 Å². The number of aromatic nitrogens is 1. The summed E-state index contributed by atoms with van der Waals surface area (Å²) in [5.41, 5.74) is 0.665. The molecule has 0 atom stereocenters. The van der Waals surface area contributed by atoms with Gasteiger partial charge in [-0.15, -0.1) is 0 Å². The van der Waals surface area contributed by atoms with Crippen LogP contribution in [0.1, 0.15) is 18.5 Å². The maximum absolute atomic E-state index is 8.85. The molecule has 1 aromatic rings. The van der Waals surface area contributed by atoms with Crippen LogP contribution in [0.3, 0.4) is 0 Å². The van der Waals surface area contributed by atoms with Crippen LogP contribution in [0.15, 0.2) is 18.3 Å². The minimum atomic E-state index is -0.0275. The molecule has 4 nitrogen and oxygen atoms in total. The number of aliphatic hydroxyl groups excluding tert-OH is 1. The molecule has 2 rings (SSSR count). The second kappa shape index (κ2) is 5.82. The maximum atomic E-state index is 8.85. The number of aliphatic hydroxyl groups is 1. The summed E-state index contributed by atoms with van der Waals surface area (Å²) in [7, 11) is 0. The standard InChI is InChI=1S/C12H17NO3/c14-8-11-1-2-12(7-13-11)16-9-10-3-5-15-6-4-10/h1-2,7,10,14H,3-6,8-9H2. The molecule has 0 amide bonds. The Labute approximate surface area is 95.2 Å². The van der Waals surface area contributed by atoms with Crippen molar-refractivity contribution >= 4 is 0 Å². The lowest BCUT2D eigenvalue weighted by Crippen LogP contribution is -2.21. The molecule has 1 aromatic heterocycles. The van der Waals surface area contributed by atoms with Gasteiger partial charge in [0, 0.05) is 13.2 Å². The van der Waals surface area contributed by atoms with E-state index in [-0.39, 0.29) is 6.61 Å². The highest BCUT2D eigenvalue weighted by Gasteiger charge is 2.14. The summed E-state index contributed by atoms with van der Waals surface area (Å²) in [6, 6.07) is 3.62. The summed E-state index contributed by atoms with van der Waals surface area (Å²) >= 11 is 0. The summed E-state index contributed by atoms with van der Waals surface area (Å²) in [4.78, 5) is 4.06. The molecule has 1 saturated heterocycles. The maximum Gasteiger partial charge on any atom is 0.137 e. The fourth-order valence-corrected chi connectivity index (χ4v) is 1.72. The van der Waals surface area contributed by atoms with E-state index in [1.54, 1.807) is 12.3 Å². The molecule has 0 bridgehead atoms. The molecule has 2 heterocycles. The third-order valence-electron chi connectivity index (χ3n) is 2.79. The van der Waals surface area contributed by atoms with Crippen molar-refractivity contribution in [2.75, 3.05) is 19.8 Å². The van der Waals surface area contributed by atoms with E-state index in [0.717, 1.165) is 38.4 Å². The quantitative estimate of drug-likeness (QED) is 0.837. The topological polar surface area (TPSA) is 51.6 Å². The minimum Gasteiger partial charge on any atom is -0.492 e. The molecule has 0 saturated carbocycles. The molecule has 88 valence electrons. The smallest absolute Gasteiger partial charge is 0.137 e. The van der Waals surface area contributed by atoms with Crippen LogP contribution < -0.4 is 4.74 Å². The van der Waals surface area contributed by atoms with Crippen molar-refractivity contribution in [3.63, 3.8) is 0 Å². The first-order valence-corrected chi connectivity index (χ1v) is 5.65. The Morgan fingerprint density at radius 3 is 2.81 bits per heavy atom. The monoisotopic (exact) mass is 223 g/mol. The van der Waals surface area contributed by atoms with Crippen molar-refractivity contribution < 1.29 is 14.6 Å². The van der Waals surface area contributed by atoms with E-state index in [4.69, 9.17) is 14.6 Å². The predicted molar refractivity (Wildman–Crippen MR) is 59.2 cm³/mol. The van der Waals surface area contributed by atoms with Gasteiger partial charge in [0.15, 0.2) is 0 Å². The predicted octanol–water partition coefficient (Wildman–Crippen LogP) is 1.38. The van der Waals surface area contributed by atoms with Crippen molar-refractivity contribution in [1.82, 2.24) is 4.98 Å². The third kappa shape index (κ3) is 3.18. The van der Waals surface area contributed by atoms with Crippen molar-refractivity contribution in [2.24, 2.45) is 5.92 Å². The molecule has 0 aliphatic carbocycles. The van der Waals surface area contributed by atoms with Gasteiger partial charge in [0.05, 0.1) is 25.1 Å². The van der Waals surface area contributed by atoms with E-state index in [0.29, 0.717) is 11.6 Å². The van der Waals surface area contributed by atoms with Gasteiger partial charge in [0.25, 0.3) is 0 Å². The van der Waals surface area contributed by atoms with Gasteiger partial charge >= 0.3 is 0 Å². The summed E-state index contributed by atoms with van der Waals surface area (Å²) < 4.78 is 10.9. The molecule has 4 heteroatoms. The first-order chi connectivity index (χ1) is 7.88. The number of hydrogen-bond acceptors (Lipinski definition) is 4. The second-order valence-electron chi connectivity index (χ2n) is 4.01. The van der Waals surface area contributed by atoms with Gasteiger partial charge in [-0.1, -0.05) is 0 Å². The van der Waals surface area contributed by atoms with Gasteiger partial charge in [-0.25, -0.2) is 0 Å². The highest BCUT2D eigenvalue weighted by Crippen LogP contribution is 2.17. The number of pyridine rings is 1. The fourth-order valence-electron chi connectivity index (χ4n) is 1.72. The van der Waals surface area contributed by atoms with Gasteiger partial charge in [-0.3, -0.25) is 4.98 Å². The van der Waals surface area contributed by atoms with Crippen molar-refractivity contribution in [3.05, 3.63) is 24.0 Å². The van der Waals surface area contributed by atoms with Crippen LogP contribution in [0.4, 0.5) is 0 Å². The Hall–Kier alpha value is -1.13. The normalized spacial score (nSPS) is 17.3. The molecule has 0 radical (unpaired) electrons. The highest BCUT2D eigenvalue weighted by atomic mass is 16.5. The second-order valence-corrected chi connectivity index (χ2v) is 4.01. The Kier molecular flexibility index (Phi) is 4.13. The van der Waals surface area contributed by atoms with Crippen LogP contribution in [0.2, 0.25) is 0 Å². The Morgan fingerprint density at radius 2 is 2.19 bits per heavy atom.